The summed E-state index contributed by atoms with van der Waals surface area (Å²) in [5.41, 5.74) is 0.0314. The summed E-state index contributed by atoms with van der Waals surface area (Å²) >= 11 is 0. The summed E-state index contributed by atoms with van der Waals surface area (Å²) in [7, 11) is -0.647. The Labute approximate surface area is 98.3 Å². The van der Waals surface area contributed by atoms with Crippen LogP contribution in [-0.4, -0.2) is 54.0 Å². The molecule has 1 fully saturated rings. The molecule has 5 nitrogen and oxygen atoms in total. The highest BCUT2D eigenvalue weighted by Gasteiger charge is 2.32. The van der Waals surface area contributed by atoms with E-state index in [1.54, 1.807) is 12.7 Å². The Morgan fingerprint density at radius 3 is 2.88 bits per heavy atom. The van der Waals surface area contributed by atoms with E-state index in [0.29, 0.717) is 0 Å². The smallest absolute Gasteiger partial charge is 0.137 e. The van der Waals surface area contributed by atoms with Crippen molar-refractivity contribution in [2.75, 3.05) is 24.6 Å². The molecule has 2 heterocycles. The van der Waals surface area contributed by atoms with E-state index in [2.05, 4.69) is 28.8 Å². The molecule has 1 atom stereocenters. The lowest BCUT2D eigenvalue weighted by atomic mass is 10.1. The van der Waals surface area contributed by atoms with Crippen molar-refractivity contribution in [1.82, 2.24) is 19.7 Å². The molecular weight excluding hydrogens is 224 g/mol. The van der Waals surface area contributed by atoms with Crippen LogP contribution in [0.25, 0.3) is 0 Å². The van der Waals surface area contributed by atoms with Gasteiger partial charge in [0, 0.05) is 40.9 Å². The summed E-state index contributed by atoms with van der Waals surface area (Å²) in [4.78, 5) is 6.30. The third-order valence-corrected chi connectivity index (χ3v) is 4.69. The fraction of sp³-hybridized carbons (Fsp3) is 0.800. The maximum Gasteiger partial charge on any atom is 0.137 e. The van der Waals surface area contributed by atoms with Crippen molar-refractivity contribution in [1.29, 1.82) is 0 Å². The fourth-order valence-corrected chi connectivity index (χ4v) is 3.60. The molecule has 0 radical (unpaired) electrons. The maximum absolute atomic E-state index is 11.5. The van der Waals surface area contributed by atoms with Gasteiger partial charge >= 0.3 is 0 Å². The quantitative estimate of drug-likeness (QED) is 0.755. The lowest BCUT2D eigenvalue weighted by Crippen LogP contribution is -2.54. The molecule has 0 amide bonds. The Bertz CT molecular complexity index is 363. The molecule has 0 N–H and O–H groups in total. The molecule has 1 unspecified atom stereocenters. The number of rotatable bonds is 3. The van der Waals surface area contributed by atoms with E-state index in [1.165, 1.54) is 0 Å². The Morgan fingerprint density at radius 1 is 1.44 bits per heavy atom. The minimum absolute atomic E-state index is 0.0314. The van der Waals surface area contributed by atoms with Gasteiger partial charge in [0.25, 0.3) is 0 Å². The van der Waals surface area contributed by atoms with E-state index < -0.39 is 10.8 Å². The van der Waals surface area contributed by atoms with Crippen LogP contribution < -0.4 is 0 Å². The first-order valence-corrected chi connectivity index (χ1v) is 6.99. The lowest BCUT2D eigenvalue weighted by molar-refractivity contribution is 0.135. The van der Waals surface area contributed by atoms with Crippen LogP contribution in [0.5, 0.6) is 0 Å². The van der Waals surface area contributed by atoms with E-state index in [0.717, 1.165) is 31.1 Å². The standard InChI is InChI=1S/C10H18N4OS/c1-10(2)7-16(15)6-5-13(10)3-4-14-9-11-8-12-14/h8-9H,3-7H2,1-2H3. The number of nitrogens with zero attached hydrogens (tertiary/aromatic N) is 4. The van der Waals surface area contributed by atoms with Crippen LogP contribution in [0.4, 0.5) is 0 Å². The second kappa shape index (κ2) is 4.63. The first-order chi connectivity index (χ1) is 7.58. The molecule has 2 rings (SSSR count). The molecule has 0 spiro atoms. The molecule has 6 heteroatoms. The molecule has 0 saturated carbocycles. The summed E-state index contributed by atoms with van der Waals surface area (Å²) < 4.78 is 13.3. The van der Waals surface area contributed by atoms with E-state index in [-0.39, 0.29) is 5.54 Å². The van der Waals surface area contributed by atoms with Gasteiger partial charge in [-0.2, -0.15) is 5.10 Å². The number of hydrogen-bond acceptors (Lipinski definition) is 4. The Kier molecular flexibility index (Phi) is 3.39. The van der Waals surface area contributed by atoms with Gasteiger partial charge in [0.15, 0.2) is 0 Å². The highest BCUT2D eigenvalue weighted by molar-refractivity contribution is 7.85. The summed E-state index contributed by atoms with van der Waals surface area (Å²) in [6.07, 6.45) is 3.28. The maximum atomic E-state index is 11.5. The van der Waals surface area contributed by atoms with Gasteiger partial charge in [0.2, 0.25) is 0 Å². The fourth-order valence-electron chi connectivity index (χ4n) is 2.06. The van der Waals surface area contributed by atoms with Crippen molar-refractivity contribution in [2.45, 2.75) is 25.9 Å². The normalized spacial score (nSPS) is 25.8. The third kappa shape index (κ3) is 2.68. The zero-order valence-electron chi connectivity index (χ0n) is 9.80. The lowest BCUT2D eigenvalue weighted by Gasteiger charge is -2.41. The molecule has 1 aliphatic rings. The molecular formula is C10H18N4OS. The van der Waals surface area contributed by atoms with Crippen LogP contribution in [0.3, 0.4) is 0 Å². The highest BCUT2D eigenvalue weighted by atomic mass is 32.2. The molecule has 16 heavy (non-hydrogen) atoms. The van der Waals surface area contributed by atoms with Crippen LogP contribution in [0.2, 0.25) is 0 Å². The predicted molar refractivity (Wildman–Crippen MR) is 63.6 cm³/mol. The molecule has 1 aliphatic heterocycles. The van der Waals surface area contributed by atoms with Gasteiger partial charge in [-0.3, -0.25) is 13.8 Å². The second-order valence-electron chi connectivity index (χ2n) is 4.75. The molecule has 0 bridgehead atoms. The molecule has 1 saturated heterocycles. The minimum Gasteiger partial charge on any atom is -0.295 e. The van der Waals surface area contributed by atoms with Gasteiger partial charge in [0.1, 0.15) is 12.7 Å². The summed E-state index contributed by atoms with van der Waals surface area (Å²) in [5.74, 6) is 1.56. The SMILES string of the molecule is CC1(C)CS(=O)CCN1CCn1cncn1. The summed E-state index contributed by atoms with van der Waals surface area (Å²) in [5, 5.41) is 4.08. The van der Waals surface area contributed by atoms with Crippen molar-refractivity contribution < 1.29 is 4.21 Å². The van der Waals surface area contributed by atoms with Gasteiger partial charge in [-0.25, -0.2) is 4.98 Å². The van der Waals surface area contributed by atoms with Crippen molar-refractivity contribution in [3.63, 3.8) is 0 Å². The van der Waals surface area contributed by atoms with Gasteiger partial charge < -0.3 is 0 Å². The summed E-state index contributed by atoms with van der Waals surface area (Å²) in [6, 6.07) is 0. The van der Waals surface area contributed by atoms with Crippen molar-refractivity contribution >= 4 is 10.8 Å². The minimum atomic E-state index is -0.647. The highest BCUT2D eigenvalue weighted by Crippen LogP contribution is 2.20. The van der Waals surface area contributed by atoms with E-state index in [9.17, 15) is 4.21 Å². The zero-order valence-corrected chi connectivity index (χ0v) is 10.6. The second-order valence-corrected chi connectivity index (χ2v) is 6.32. The number of aromatic nitrogens is 3. The van der Waals surface area contributed by atoms with Crippen molar-refractivity contribution in [2.24, 2.45) is 0 Å². The van der Waals surface area contributed by atoms with Crippen molar-refractivity contribution in [3.05, 3.63) is 12.7 Å². The topological polar surface area (TPSA) is 51.0 Å². The average Bonchev–Trinajstić information content (AvgIpc) is 2.67. The van der Waals surface area contributed by atoms with Crippen LogP contribution in [-0.2, 0) is 17.3 Å². The molecule has 90 valence electrons. The van der Waals surface area contributed by atoms with Gasteiger partial charge in [-0.05, 0) is 13.8 Å². The van der Waals surface area contributed by atoms with Crippen LogP contribution in [0.1, 0.15) is 13.8 Å². The molecule has 0 aliphatic carbocycles. The van der Waals surface area contributed by atoms with Gasteiger partial charge in [-0.15, -0.1) is 0 Å². The molecule has 1 aromatic rings. The molecule has 1 aromatic heterocycles. The van der Waals surface area contributed by atoms with Gasteiger partial charge in [-0.1, -0.05) is 0 Å². The van der Waals surface area contributed by atoms with Crippen LogP contribution in [0.15, 0.2) is 12.7 Å². The van der Waals surface area contributed by atoms with E-state index in [1.807, 2.05) is 4.68 Å². The van der Waals surface area contributed by atoms with Crippen molar-refractivity contribution in [3.8, 4) is 0 Å². The molecule has 0 aromatic carbocycles. The van der Waals surface area contributed by atoms with Crippen LogP contribution >= 0.6 is 0 Å². The summed E-state index contributed by atoms with van der Waals surface area (Å²) in [6.45, 7) is 7.01. The van der Waals surface area contributed by atoms with E-state index in [4.69, 9.17) is 0 Å². The Balaban J connectivity index is 1.91. The predicted octanol–water partition coefficient (Wildman–Crippen LogP) is 0.121. The third-order valence-electron chi connectivity index (χ3n) is 3.02. The first-order valence-electron chi connectivity index (χ1n) is 5.50. The van der Waals surface area contributed by atoms with Crippen LogP contribution in [0, 0.1) is 0 Å². The Morgan fingerprint density at radius 2 is 2.25 bits per heavy atom. The average molecular weight is 242 g/mol. The van der Waals surface area contributed by atoms with E-state index >= 15 is 0 Å². The van der Waals surface area contributed by atoms with Gasteiger partial charge in [0.05, 0.1) is 6.54 Å². The monoisotopic (exact) mass is 242 g/mol. The largest absolute Gasteiger partial charge is 0.295 e. The Hall–Kier alpha value is -0.750. The number of hydrogen-bond donors (Lipinski definition) is 0. The first kappa shape index (κ1) is 11.7. The zero-order chi connectivity index (χ0) is 11.6.